The molecule has 0 aromatic carbocycles. The van der Waals surface area contributed by atoms with E-state index in [-0.39, 0.29) is 10.8 Å². The van der Waals surface area contributed by atoms with Crippen molar-refractivity contribution in [3.63, 3.8) is 0 Å². The maximum absolute atomic E-state index is 5.94. The number of anilines is 1. The zero-order chi connectivity index (χ0) is 15.1. The summed E-state index contributed by atoms with van der Waals surface area (Å²) in [6.45, 7) is 13.0. The van der Waals surface area contributed by atoms with Gasteiger partial charge in [-0.25, -0.2) is 9.97 Å². The Hall–Kier alpha value is -1.42. The summed E-state index contributed by atoms with van der Waals surface area (Å²) in [5, 5.41) is 0. The fourth-order valence-electron chi connectivity index (χ4n) is 1.82. The van der Waals surface area contributed by atoms with E-state index in [0.717, 1.165) is 16.4 Å². The predicted octanol–water partition coefficient (Wildman–Crippen LogP) is 4.38. The number of thiophene rings is 1. The van der Waals surface area contributed by atoms with E-state index in [0.29, 0.717) is 5.82 Å². The van der Waals surface area contributed by atoms with Gasteiger partial charge in [-0.1, -0.05) is 41.5 Å². The fourth-order valence-corrected chi connectivity index (χ4v) is 2.82. The molecule has 0 saturated carbocycles. The number of hydrogen-bond acceptors (Lipinski definition) is 4. The summed E-state index contributed by atoms with van der Waals surface area (Å²) in [6, 6.07) is 6.11. The van der Waals surface area contributed by atoms with Crippen molar-refractivity contribution in [1.82, 2.24) is 9.97 Å². The Morgan fingerprint density at radius 3 is 2.10 bits per heavy atom. The van der Waals surface area contributed by atoms with Crippen LogP contribution in [0.15, 0.2) is 18.2 Å². The molecule has 0 spiro atoms. The molecule has 0 fully saturated rings. The summed E-state index contributed by atoms with van der Waals surface area (Å²) in [7, 11) is 0. The second kappa shape index (κ2) is 4.85. The van der Waals surface area contributed by atoms with E-state index in [2.05, 4.69) is 63.6 Å². The predicted molar refractivity (Wildman–Crippen MR) is 87.2 cm³/mol. The van der Waals surface area contributed by atoms with E-state index >= 15 is 0 Å². The van der Waals surface area contributed by atoms with Gasteiger partial charge in [0.15, 0.2) is 5.82 Å². The summed E-state index contributed by atoms with van der Waals surface area (Å²) in [5.74, 6) is 1.26. The van der Waals surface area contributed by atoms with Crippen LogP contribution in [-0.2, 0) is 10.8 Å². The quantitative estimate of drug-likeness (QED) is 0.847. The molecule has 0 amide bonds. The third-order valence-electron chi connectivity index (χ3n) is 3.08. The molecule has 0 bridgehead atoms. The molecule has 0 aliphatic heterocycles. The van der Waals surface area contributed by atoms with Crippen molar-refractivity contribution in [2.75, 3.05) is 5.73 Å². The van der Waals surface area contributed by atoms with Crippen molar-refractivity contribution in [2.45, 2.75) is 52.4 Å². The zero-order valence-corrected chi connectivity index (χ0v) is 13.9. The number of rotatable bonds is 1. The number of aromatic nitrogens is 2. The molecule has 2 rings (SSSR count). The van der Waals surface area contributed by atoms with E-state index < -0.39 is 0 Å². The van der Waals surface area contributed by atoms with Crippen LogP contribution >= 0.6 is 11.3 Å². The van der Waals surface area contributed by atoms with Crippen LogP contribution in [0.2, 0.25) is 0 Å². The molecule has 0 aliphatic carbocycles. The molecule has 0 radical (unpaired) electrons. The van der Waals surface area contributed by atoms with Gasteiger partial charge in [0, 0.05) is 16.4 Å². The van der Waals surface area contributed by atoms with Gasteiger partial charge >= 0.3 is 0 Å². The van der Waals surface area contributed by atoms with Crippen molar-refractivity contribution in [3.8, 4) is 10.7 Å². The van der Waals surface area contributed by atoms with Crippen molar-refractivity contribution >= 4 is 17.2 Å². The van der Waals surface area contributed by atoms with Gasteiger partial charge in [-0.15, -0.1) is 11.3 Å². The second-order valence-electron chi connectivity index (χ2n) is 7.17. The molecule has 3 nitrogen and oxygen atoms in total. The Bertz CT molecular complexity index is 615. The molecule has 4 heteroatoms. The summed E-state index contributed by atoms with van der Waals surface area (Å²) >= 11 is 1.74. The summed E-state index contributed by atoms with van der Waals surface area (Å²) in [5.41, 5.74) is 7.03. The Kier molecular flexibility index (Phi) is 3.63. The third-order valence-corrected chi connectivity index (χ3v) is 4.59. The number of nitrogens with two attached hydrogens (primary N) is 1. The van der Waals surface area contributed by atoms with Gasteiger partial charge in [0.2, 0.25) is 0 Å². The summed E-state index contributed by atoms with van der Waals surface area (Å²) in [4.78, 5) is 11.5. The van der Waals surface area contributed by atoms with Crippen LogP contribution < -0.4 is 5.73 Å². The molecule has 0 aliphatic rings. The maximum atomic E-state index is 5.94. The molecule has 0 unspecified atom stereocenters. The van der Waals surface area contributed by atoms with E-state index in [9.17, 15) is 0 Å². The maximum Gasteiger partial charge on any atom is 0.171 e. The van der Waals surface area contributed by atoms with Crippen LogP contribution in [-0.4, -0.2) is 9.97 Å². The summed E-state index contributed by atoms with van der Waals surface area (Å²) in [6.07, 6.45) is 0. The zero-order valence-electron chi connectivity index (χ0n) is 13.1. The lowest BCUT2D eigenvalue weighted by Gasteiger charge is -2.18. The lowest BCUT2D eigenvalue weighted by molar-refractivity contribution is 0.568. The van der Waals surface area contributed by atoms with Crippen molar-refractivity contribution in [3.05, 3.63) is 28.8 Å². The van der Waals surface area contributed by atoms with Gasteiger partial charge in [0.05, 0.1) is 10.6 Å². The van der Waals surface area contributed by atoms with E-state index in [1.165, 1.54) is 4.88 Å². The Balaban J connectivity index is 2.48. The van der Waals surface area contributed by atoms with E-state index in [1.54, 1.807) is 11.3 Å². The molecule has 0 saturated heterocycles. The summed E-state index contributed by atoms with van der Waals surface area (Å²) < 4.78 is 0. The molecular weight excluding hydrogens is 266 g/mol. The first kappa shape index (κ1) is 15.0. The fraction of sp³-hybridized carbons (Fsp3) is 0.500. The molecule has 0 atom stereocenters. The minimum absolute atomic E-state index is 0.0318. The topological polar surface area (TPSA) is 51.8 Å². The van der Waals surface area contributed by atoms with Gasteiger partial charge in [-0.3, -0.25) is 0 Å². The molecular formula is C16H23N3S. The molecule has 108 valence electrons. The smallest absolute Gasteiger partial charge is 0.171 e. The highest BCUT2D eigenvalue weighted by Gasteiger charge is 2.20. The largest absolute Gasteiger partial charge is 0.384 e. The van der Waals surface area contributed by atoms with Gasteiger partial charge in [0.1, 0.15) is 5.82 Å². The lowest BCUT2D eigenvalue weighted by atomic mass is 9.92. The van der Waals surface area contributed by atoms with Crippen molar-refractivity contribution in [1.29, 1.82) is 0 Å². The molecule has 20 heavy (non-hydrogen) atoms. The Morgan fingerprint density at radius 2 is 1.60 bits per heavy atom. The van der Waals surface area contributed by atoms with Crippen LogP contribution in [0.3, 0.4) is 0 Å². The minimum atomic E-state index is -0.0318. The van der Waals surface area contributed by atoms with Crippen LogP contribution in [0.25, 0.3) is 10.7 Å². The van der Waals surface area contributed by atoms with Gasteiger partial charge in [-0.2, -0.15) is 0 Å². The minimum Gasteiger partial charge on any atom is -0.384 e. The van der Waals surface area contributed by atoms with Crippen LogP contribution in [0, 0.1) is 0 Å². The number of hydrogen-bond donors (Lipinski definition) is 1. The van der Waals surface area contributed by atoms with Crippen LogP contribution in [0.1, 0.15) is 52.1 Å². The lowest BCUT2D eigenvalue weighted by Crippen LogP contribution is -2.15. The van der Waals surface area contributed by atoms with Crippen molar-refractivity contribution < 1.29 is 0 Å². The highest BCUT2D eigenvalue weighted by Crippen LogP contribution is 2.34. The first-order valence-corrected chi connectivity index (χ1v) is 7.65. The average Bonchev–Trinajstić information content (AvgIpc) is 2.75. The van der Waals surface area contributed by atoms with Crippen molar-refractivity contribution in [2.24, 2.45) is 0 Å². The molecule has 2 heterocycles. The third kappa shape index (κ3) is 3.18. The first-order chi connectivity index (χ1) is 9.07. The van der Waals surface area contributed by atoms with Gasteiger partial charge in [0.25, 0.3) is 0 Å². The highest BCUT2D eigenvalue weighted by molar-refractivity contribution is 7.15. The van der Waals surface area contributed by atoms with Crippen LogP contribution in [0.4, 0.5) is 5.82 Å². The van der Waals surface area contributed by atoms with E-state index in [4.69, 9.17) is 5.73 Å². The van der Waals surface area contributed by atoms with Gasteiger partial charge < -0.3 is 5.73 Å². The second-order valence-corrected chi connectivity index (χ2v) is 8.25. The van der Waals surface area contributed by atoms with E-state index in [1.807, 2.05) is 6.07 Å². The van der Waals surface area contributed by atoms with Crippen LogP contribution in [0.5, 0.6) is 0 Å². The average molecular weight is 289 g/mol. The molecule has 2 N–H and O–H groups in total. The first-order valence-electron chi connectivity index (χ1n) is 6.83. The number of nitrogens with zero attached hydrogens (tertiary/aromatic N) is 2. The highest BCUT2D eigenvalue weighted by atomic mass is 32.1. The normalized spacial score (nSPS) is 12.7. The Morgan fingerprint density at radius 1 is 0.950 bits per heavy atom. The monoisotopic (exact) mass is 289 g/mol. The van der Waals surface area contributed by atoms with Gasteiger partial charge in [-0.05, 0) is 17.5 Å². The standard InChI is InChI=1S/C16H23N3S/c1-15(2,3)11-9-13(17)19-14(18-11)10-7-8-12(20-10)16(4,5)6/h7-9H,1-6H3,(H2,17,18,19). The SMILES string of the molecule is CC(C)(C)c1cc(N)nc(-c2ccc(C(C)(C)C)s2)n1. The Labute approximate surface area is 125 Å². The molecule has 2 aromatic rings. The molecule has 2 aromatic heterocycles. The number of nitrogen functional groups attached to an aromatic ring is 1.